The molecule has 0 radical (unpaired) electrons. The number of rotatable bonds is 1. The molecule has 1 N–H and O–H groups in total. The van der Waals surface area contributed by atoms with Gasteiger partial charge in [-0.1, -0.05) is 23.9 Å². The lowest BCUT2D eigenvalue weighted by Gasteiger charge is -2.26. The van der Waals surface area contributed by atoms with Crippen molar-refractivity contribution in [2.75, 3.05) is 5.01 Å². The van der Waals surface area contributed by atoms with E-state index in [4.69, 9.17) is 0 Å². The summed E-state index contributed by atoms with van der Waals surface area (Å²) >= 11 is 2.55. The number of aromatic hydroxyl groups is 1. The van der Waals surface area contributed by atoms with Crippen LogP contribution < -0.4 is 5.01 Å². The fourth-order valence-electron chi connectivity index (χ4n) is 2.28. The van der Waals surface area contributed by atoms with E-state index in [0.29, 0.717) is 5.03 Å². The van der Waals surface area contributed by atoms with Gasteiger partial charge in [0.2, 0.25) is 5.16 Å². The first kappa shape index (κ1) is 13.8. The first-order chi connectivity index (χ1) is 10.4. The number of thioether (sulfide) groups is 2. The van der Waals surface area contributed by atoms with Crippen LogP contribution in [-0.4, -0.2) is 20.0 Å². The van der Waals surface area contributed by atoms with Crippen LogP contribution >= 0.6 is 23.5 Å². The highest BCUT2D eigenvalue weighted by molar-refractivity contribution is 8.07. The highest BCUT2D eigenvalue weighted by Gasteiger charge is 2.46. The van der Waals surface area contributed by atoms with Gasteiger partial charge in [-0.15, -0.1) is 10.2 Å². The monoisotopic (exact) mass is 344 g/mol. The van der Waals surface area contributed by atoms with E-state index < -0.39 is 12.0 Å². The van der Waals surface area contributed by atoms with Crippen LogP contribution in [0.2, 0.25) is 0 Å². The smallest absolute Gasteiger partial charge is 0.453 e. The Morgan fingerprint density at radius 3 is 2.55 bits per heavy atom. The Labute approximate surface area is 130 Å². The van der Waals surface area contributed by atoms with Gasteiger partial charge in [-0.25, -0.2) is 4.68 Å². The van der Waals surface area contributed by atoms with Crippen LogP contribution in [0.3, 0.4) is 0 Å². The second kappa shape index (κ2) is 4.59. The molecule has 2 aliphatic heterocycles. The average Bonchev–Trinajstić information content (AvgIpc) is 3.08. The Bertz CT molecular complexity index is 772. The molecule has 2 aromatic rings. The van der Waals surface area contributed by atoms with Gasteiger partial charge in [0.1, 0.15) is 16.2 Å². The Hall–Kier alpha value is -1.81. The third kappa shape index (κ3) is 1.97. The minimum absolute atomic E-state index is 0.108. The van der Waals surface area contributed by atoms with Crippen LogP contribution in [0.1, 0.15) is 16.8 Å². The third-order valence-electron chi connectivity index (χ3n) is 3.20. The molecule has 1 atom stereocenters. The van der Waals surface area contributed by atoms with E-state index in [9.17, 15) is 18.3 Å². The first-order valence-electron chi connectivity index (χ1n) is 6.10. The molecule has 22 heavy (non-hydrogen) atoms. The van der Waals surface area contributed by atoms with Gasteiger partial charge in [-0.05, 0) is 29.5 Å². The van der Waals surface area contributed by atoms with Gasteiger partial charge in [-0.3, -0.25) is 5.01 Å². The molecular weight excluding hydrogens is 337 g/mol. The number of alkyl halides is 3. The Balaban J connectivity index is 1.79. The molecule has 114 valence electrons. The second-order valence-corrected chi connectivity index (χ2v) is 6.54. The topological polar surface area (TPSA) is 54.2 Å². The maximum Gasteiger partial charge on any atom is 0.453 e. The van der Waals surface area contributed by atoms with Crippen molar-refractivity contribution in [3.63, 3.8) is 0 Å². The molecule has 0 saturated heterocycles. The zero-order chi connectivity index (χ0) is 15.5. The Morgan fingerprint density at radius 1 is 1.14 bits per heavy atom. The van der Waals surface area contributed by atoms with E-state index in [-0.39, 0.29) is 16.3 Å². The van der Waals surface area contributed by atoms with Crippen LogP contribution in [0.25, 0.3) is 0 Å². The summed E-state index contributed by atoms with van der Waals surface area (Å²) in [5, 5.41) is 20.1. The third-order valence-corrected chi connectivity index (χ3v) is 5.39. The van der Waals surface area contributed by atoms with E-state index in [1.165, 1.54) is 28.9 Å². The molecule has 1 unspecified atom stereocenters. The van der Waals surface area contributed by atoms with Crippen molar-refractivity contribution in [2.45, 2.75) is 16.7 Å². The molecule has 0 bridgehead atoms. The van der Waals surface area contributed by atoms with E-state index in [1.807, 2.05) is 0 Å². The maximum absolute atomic E-state index is 13.1. The number of aromatic nitrogens is 3. The quantitative estimate of drug-likeness (QED) is 0.857. The molecule has 1 aromatic heterocycles. The number of phenolic OH excluding ortho intramolecular Hbond substituents is 1. The van der Waals surface area contributed by atoms with Gasteiger partial charge < -0.3 is 5.11 Å². The number of hydrogen-bond donors (Lipinski definition) is 1. The molecule has 5 nitrogen and oxygen atoms in total. The lowest BCUT2D eigenvalue weighted by atomic mass is 10.2. The molecule has 10 heteroatoms. The predicted molar refractivity (Wildman–Crippen MR) is 75.6 cm³/mol. The van der Waals surface area contributed by atoms with Crippen molar-refractivity contribution < 1.29 is 18.3 Å². The fraction of sp³-hybridized carbons (Fsp3) is 0.167. The molecule has 0 spiro atoms. The van der Waals surface area contributed by atoms with E-state index >= 15 is 0 Å². The summed E-state index contributed by atoms with van der Waals surface area (Å²) in [6.07, 6.45) is -4.58. The molecule has 0 fully saturated rings. The number of fused-ring (bicyclic) bond motifs is 3. The minimum Gasteiger partial charge on any atom is -0.508 e. The second-order valence-electron chi connectivity index (χ2n) is 4.60. The van der Waals surface area contributed by atoms with Crippen molar-refractivity contribution in [3.05, 3.63) is 46.1 Å². The molecule has 3 heterocycles. The summed E-state index contributed by atoms with van der Waals surface area (Å²) in [4.78, 5) is 0. The maximum atomic E-state index is 13.1. The van der Waals surface area contributed by atoms with Gasteiger partial charge in [0, 0.05) is 5.41 Å². The van der Waals surface area contributed by atoms with Crippen molar-refractivity contribution in [3.8, 4) is 5.75 Å². The summed E-state index contributed by atoms with van der Waals surface area (Å²) < 4.78 is 40.3. The zero-order valence-corrected chi connectivity index (χ0v) is 12.3. The lowest BCUT2D eigenvalue weighted by Crippen LogP contribution is -2.33. The highest BCUT2D eigenvalue weighted by atomic mass is 32.2. The SMILES string of the molecule is Oc1ccc(C2SC=C3Sc4nnc(C(F)(F)F)n4N32)cc1. The van der Waals surface area contributed by atoms with Gasteiger partial charge >= 0.3 is 6.18 Å². The molecule has 1 aromatic carbocycles. The predicted octanol–water partition coefficient (Wildman–Crippen LogP) is 3.29. The van der Waals surface area contributed by atoms with Crippen molar-refractivity contribution in [2.24, 2.45) is 0 Å². The number of nitrogens with zero attached hydrogens (tertiary/aromatic N) is 4. The van der Waals surface area contributed by atoms with Crippen LogP contribution in [-0.2, 0) is 6.18 Å². The summed E-state index contributed by atoms with van der Waals surface area (Å²) in [5.41, 5.74) is 0.782. The van der Waals surface area contributed by atoms with Gasteiger partial charge in [-0.2, -0.15) is 13.2 Å². The minimum atomic E-state index is -4.58. The molecule has 0 aliphatic carbocycles. The lowest BCUT2D eigenvalue weighted by molar-refractivity contribution is -0.147. The van der Waals surface area contributed by atoms with Crippen LogP contribution in [0.15, 0.2) is 39.9 Å². The largest absolute Gasteiger partial charge is 0.508 e. The number of phenols is 1. The summed E-state index contributed by atoms with van der Waals surface area (Å²) in [7, 11) is 0. The van der Waals surface area contributed by atoms with Crippen molar-refractivity contribution >= 4 is 23.5 Å². The Morgan fingerprint density at radius 2 is 1.86 bits per heavy atom. The van der Waals surface area contributed by atoms with E-state index in [2.05, 4.69) is 10.2 Å². The highest BCUT2D eigenvalue weighted by Crippen LogP contribution is 2.52. The molecular formula is C12H7F3N4OS2. The van der Waals surface area contributed by atoms with Crippen LogP contribution in [0, 0.1) is 0 Å². The molecule has 2 aliphatic rings. The number of halogens is 3. The van der Waals surface area contributed by atoms with Crippen LogP contribution in [0.4, 0.5) is 13.2 Å². The van der Waals surface area contributed by atoms with Crippen molar-refractivity contribution in [1.29, 1.82) is 0 Å². The number of hydrogen-bond acceptors (Lipinski definition) is 6. The van der Waals surface area contributed by atoms with E-state index in [1.54, 1.807) is 17.5 Å². The zero-order valence-electron chi connectivity index (χ0n) is 10.7. The average molecular weight is 344 g/mol. The van der Waals surface area contributed by atoms with E-state index in [0.717, 1.165) is 22.0 Å². The summed E-state index contributed by atoms with van der Waals surface area (Å²) in [6.45, 7) is 0. The fourth-order valence-corrected chi connectivity index (χ4v) is 4.50. The van der Waals surface area contributed by atoms with Crippen LogP contribution in [0.5, 0.6) is 5.75 Å². The standard InChI is InChI=1S/C12H7F3N4OS2/c13-12(14,15)10-16-17-11-19(10)18-8(22-11)5-21-9(18)6-1-3-7(20)4-2-6/h1-5,9,20H. The van der Waals surface area contributed by atoms with Gasteiger partial charge in [0.25, 0.3) is 5.82 Å². The summed E-state index contributed by atoms with van der Waals surface area (Å²) in [6, 6.07) is 6.39. The van der Waals surface area contributed by atoms with Crippen molar-refractivity contribution in [1.82, 2.24) is 14.9 Å². The van der Waals surface area contributed by atoms with Gasteiger partial charge in [0.15, 0.2) is 0 Å². The van der Waals surface area contributed by atoms with Gasteiger partial charge in [0.05, 0.1) is 0 Å². The first-order valence-corrected chi connectivity index (χ1v) is 7.85. The number of benzene rings is 1. The normalized spacial score (nSPS) is 20.0. The molecule has 4 rings (SSSR count). The summed E-state index contributed by atoms with van der Waals surface area (Å²) in [5.74, 6) is -0.929. The Kier molecular flexibility index (Phi) is 2.89. The molecule has 0 amide bonds. The molecule has 0 saturated carbocycles.